The number of urea groups is 1. The predicted octanol–water partition coefficient (Wildman–Crippen LogP) is 3.79. The van der Waals surface area contributed by atoms with Crippen molar-refractivity contribution in [3.05, 3.63) is 70.6 Å². The Kier molecular flexibility index (Phi) is 5.68. The number of fused-ring (bicyclic) bond motifs is 1. The molecule has 3 aromatic rings. The maximum Gasteiger partial charge on any atom is 0.314 e. The molecule has 0 saturated heterocycles. The molecule has 2 aromatic carbocycles. The summed E-state index contributed by atoms with van der Waals surface area (Å²) < 4.78 is 1.27. The molecule has 3 N–H and O–H groups in total. The number of aliphatic hydroxyl groups excluding tert-OH is 1. The van der Waals surface area contributed by atoms with E-state index in [2.05, 4.69) is 28.1 Å². The fourth-order valence-electron chi connectivity index (χ4n) is 2.70. The molecule has 0 bridgehead atoms. The van der Waals surface area contributed by atoms with Crippen LogP contribution >= 0.6 is 11.3 Å². The number of carbonyl (C=O) groups excluding carboxylic acids is 1. The highest BCUT2D eigenvalue weighted by molar-refractivity contribution is 7.17. The molecule has 3 rings (SSSR count). The number of aryl methyl sites for hydroxylation is 1. The first-order valence-corrected chi connectivity index (χ1v) is 9.23. The largest absolute Gasteiger partial charge is 0.387 e. The van der Waals surface area contributed by atoms with Crippen LogP contribution in [0.4, 0.5) is 4.79 Å². The summed E-state index contributed by atoms with van der Waals surface area (Å²) in [4.78, 5) is 11.9. The van der Waals surface area contributed by atoms with E-state index in [0.717, 1.165) is 17.5 Å². The van der Waals surface area contributed by atoms with Crippen molar-refractivity contribution in [1.29, 1.82) is 0 Å². The number of thiophene rings is 1. The molecule has 1 unspecified atom stereocenters. The van der Waals surface area contributed by atoms with E-state index >= 15 is 0 Å². The second kappa shape index (κ2) is 8.14. The average molecular weight is 354 g/mol. The summed E-state index contributed by atoms with van der Waals surface area (Å²) in [7, 11) is 0. The third-order valence-electron chi connectivity index (χ3n) is 4.16. The number of hydrogen-bond donors (Lipinski definition) is 3. The van der Waals surface area contributed by atoms with E-state index in [-0.39, 0.29) is 12.6 Å². The Morgan fingerprint density at radius 1 is 1.12 bits per heavy atom. The Hall–Kier alpha value is -2.37. The molecule has 130 valence electrons. The summed E-state index contributed by atoms with van der Waals surface area (Å²) in [6.45, 7) is 2.75. The van der Waals surface area contributed by atoms with Gasteiger partial charge in [-0.05, 0) is 41.3 Å². The zero-order valence-corrected chi connectivity index (χ0v) is 15.0. The molecule has 4 nitrogen and oxygen atoms in total. The van der Waals surface area contributed by atoms with Crippen molar-refractivity contribution in [1.82, 2.24) is 10.6 Å². The van der Waals surface area contributed by atoms with Gasteiger partial charge in [-0.25, -0.2) is 4.79 Å². The highest BCUT2D eigenvalue weighted by Gasteiger charge is 2.09. The van der Waals surface area contributed by atoms with Crippen LogP contribution in [0.25, 0.3) is 10.1 Å². The molecule has 25 heavy (non-hydrogen) atoms. The predicted molar refractivity (Wildman–Crippen MR) is 103 cm³/mol. The first-order chi connectivity index (χ1) is 12.1. The minimum Gasteiger partial charge on any atom is -0.387 e. The zero-order valence-electron chi connectivity index (χ0n) is 14.2. The topological polar surface area (TPSA) is 61.4 Å². The van der Waals surface area contributed by atoms with Gasteiger partial charge in [0.15, 0.2) is 0 Å². The summed E-state index contributed by atoms with van der Waals surface area (Å²) in [5.41, 5.74) is 3.19. The Morgan fingerprint density at radius 2 is 1.88 bits per heavy atom. The molecule has 1 aromatic heterocycles. The van der Waals surface area contributed by atoms with Crippen LogP contribution < -0.4 is 10.6 Å². The third kappa shape index (κ3) is 4.59. The molecule has 0 radical (unpaired) electrons. The number of nitrogens with one attached hydrogen (secondary N) is 2. The molecule has 0 aliphatic heterocycles. The third-order valence-corrected chi connectivity index (χ3v) is 5.17. The van der Waals surface area contributed by atoms with Crippen LogP contribution in [-0.2, 0) is 6.42 Å². The van der Waals surface area contributed by atoms with Crippen LogP contribution in [-0.4, -0.2) is 24.2 Å². The van der Waals surface area contributed by atoms with Crippen LogP contribution in [0.5, 0.6) is 0 Å². The molecule has 1 heterocycles. The number of rotatable bonds is 6. The molecule has 2 amide bonds. The summed E-state index contributed by atoms with van der Waals surface area (Å²) in [5.74, 6) is 0. The van der Waals surface area contributed by atoms with Gasteiger partial charge in [0.25, 0.3) is 0 Å². The SMILES string of the molecule is Cc1ccc(C(O)CNC(=O)NCCc2csc3ccccc23)cc1. The Bertz CT molecular complexity index is 842. The van der Waals surface area contributed by atoms with Gasteiger partial charge in [-0.2, -0.15) is 0 Å². The van der Waals surface area contributed by atoms with Gasteiger partial charge in [0.2, 0.25) is 0 Å². The Labute approximate surface area is 151 Å². The van der Waals surface area contributed by atoms with Crippen molar-refractivity contribution in [3.8, 4) is 0 Å². The fraction of sp³-hybridized carbons (Fsp3) is 0.250. The summed E-state index contributed by atoms with van der Waals surface area (Å²) in [6.07, 6.45) is 0.0879. The van der Waals surface area contributed by atoms with E-state index in [1.54, 1.807) is 11.3 Å². The zero-order chi connectivity index (χ0) is 17.6. The lowest BCUT2D eigenvalue weighted by molar-refractivity contribution is 0.173. The quantitative estimate of drug-likeness (QED) is 0.631. The fourth-order valence-corrected chi connectivity index (χ4v) is 3.69. The molecule has 0 spiro atoms. The first-order valence-electron chi connectivity index (χ1n) is 8.35. The van der Waals surface area contributed by atoms with Gasteiger partial charge >= 0.3 is 6.03 Å². The van der Waals surface area contributed by atoms with Crippen molar-refractivity contribution < 1.29 is 9.90 Å². The monoisotopic (exact) mass is 354 g/mol. The lowest BCUT2D eigenvalue weighted by Gasteiger charge is -2.13. The van der Waals surface area contributed by atoms with E-state index in [0.29, 0.717) is 6.54 Å². The smallest absolute Gasteiger partial charge is 0.314 e. The number of aliphatic hydroxyl groups is 1. The van der Waals surface area contributed by atoms with Crippen LogP contribution in [0.15, 0.2) is 53.9 Å². The van der Waals surface area contributed by atoms with Gasteiger partial charge in [0.1, 0.15) is 0 Å². The van der Waals surface area contributed by atoms with E-state index in [1.807, 2.05) is 43.3 Å². The Morgan fingerprint density at radius 3 is 2.68 bits per heavy atom. The molecule has 0 fully saturated rings. The minimum atomic E-state index is -0.702. The molecule has 0 aliphatic rings. The normalized spacial score (nSPS) is 12.1. The van der Waals surface area contributed by atoms with E-state index in [9.17, 15) is 9.90 Å². The summed E-state index contributed by atoms with van der Waals surface area (Å²) in [6, 6.07) is 15.7. The number of hydrogen-bond acceptors (Lipinski definition) is 3. The van der Waals surface area contributed by atoms with Gasteiger partial charge in [-0.3, -0.25) is 0 Å². The van der Waals surface area contributed by atoms with Crippen molar-refractivity contribution in [2.75, 3.05) is 13.1 Å². The summed E-state index contributed by atoms with van der Waals surface area (Å²) >= 11 is 1.72. The molecule has 5 heteroatoms. The van der Waals surface area contributed by atoms with Crippen molar-refractivity contribution in [2.45, 2.75) is 19.4 Å². The Balaban J connectivity index is 1.43. The highest BCUT2D eigenvalue weighted by Crippen LogP contribution is 2.25. The van der Waals surface area contributed by atoms with E-state index in [4.69, 9.17) is 0 Å². The van der Waals surface area contributed by atoms with Crippen molar-refractivity contribution >= 4 is 27.5 Å². The van der Waals surface area contributed by atoms with Gasteiger partial charge in [-0.15, -0.1) is 11.3 Å². The van der Waals surface area contributed by atoms with Gasteiger partial charge in [0, 0.05) is 17.8 Å². The van der Waals surface area contributed by atoms with E-state index in [1.165, 1.54) is 15.6 Å². The number of carbonyl (C=O) groups is 1. The molecule has 1 atom stereocenters. The second-order valence-electron chi connectivity index (χ2n) is 6.07. The number of amides is 2. The molecular weight excluding hydrogens is 332 g/mol. The van der Waals surface area contributed by atoms with Gasteiger partial charge < -0.3 is 15.7 Å². The van der Waals surface area contributed by atoms with Crippen LogP contribution in [0.2, 0.25) is 0 Å². The van der Waals surface area contributed by atoms with Crippen molar-refractivity contribution in [2.24, 2.45) is 0 Å². The standard InChI is InChI=1S/C20H22N2O2S/c1-14-6-8-15(9-7-14)18(23)12-22-20(24)21-11-10-16-13-25-19-5-3-2-4-17(16)19/h2-9,13,18,23H,10-12H2,1H3,(H2,21,22,24). The summed E-state index contributed by atoms with van der Waals surface area (Å²) in [5, 5.41) is 19.1. The minimum absolute atomic E-state index is 0.191. The van der Waals surface area contributed by atoms with Gasteiger partial charge in [-0.1, -0.05) is 48.0 Å². The lowest BCUT2D eigenvalue weighted by atomic mass is 10.1. The maximum absolute atomic E-state index is 11.9. The van der Waals surface area contributed by atoms with Crippen LogP contribution in [0, 0.1) is 6.92 Å². The number of benzene rings is 2. The van der Waals surface area contributed by atoms with Crippen LogP contribution in [0.1, 0.15) is 22.8 Å². The molecule has 0 aliphatic carbocycles. The second-order valence-corrected chi connectivity index (χ2v) is 6.98. The van der Waals surface area contributed by atoms with Crippen LogP contribution in [0.3, 0.4) is 0 Å². The highest BCUT2D eigenvalue weighted by atomic mass is 32.1. The van der Waals surface area contributed by atoms with Crippen molar-refractivity contribution in [3.63, 3.8) is 0 Å². The molecule has 0 saturated carbocycles. The maximum atomic E-state index is 11.9. The first kappa shape index (κ1) is 17.5. The molecular formula is C20H22N2O2S. The van der Waals surface area contributed by atoms with E-state index < -0.39 is 6.10 Å². The average Bonchev–Trinajstić information content (AvgIpc) is 3.04. The van der Waals surface area contributed by atoms with Gasteiger partial charge in [0.05, 0.1) is 6.10 Å². The lowest BCUT2D eigenvalue weighted by Crippen LogP contribution is -2.38.